The Morgan fingerprint density at radius 1 is 1.23 bits per heavy atom. The van der Waals surface area contributed by atoms with Crippen LogP contribution in [0.25, 0.3) is 16.6 Å². The van der Waals surface area contributed by atoms with Gasteiger partial charge in [0.25, 0.3) is 0 Å². The van der Waals surface area contributed by atoms with Crippen molar-refractivity contribution in [1.29, 1.82) is 0 Å². The molecule has 0 saturated heterocycles. The number of nitrogens with zero attached hydrogens (tertiary/aromatic N) is 1. The van der Waals surface area contributed by atoms with Crippen LogP contribution in [-0.2, 0) is 11.2 Å². The van der Waals surface area contributed by atoms with Crippen LogP contribution in [0.4, 0.5) is 0 Å². The summed E-state index contributed by atoms with van der Waals surface area (Å²) in [5.74, 6) is 3.03. The number of rotatable bonds is 8. The molecule has 31 heavy (non-hydrogen) atoms. The molecule has 0 bridgehead atoms. The number of hydrogen-bond acceptors (Lipinski definition) is 7. The van der Waals surface area contributed by atoms with Crippen molar-refractivity contribution in [2.45, 2.75) is 27.2 Å². The highest BCUT2D eigenvalue weighted by molar-refractivity contribution is 8.00. The molecule has 3 heterocycles. The first-order chi connectivity index (χ1) is 15.1. The van der Waals surface area contributed by atoms with Gasteiger partial charge < -0.3 is 19.0 Å². The van der Waals surface area contributed by atoms with Crippen LogP contribution in [0.15, 0.2) is 40.8 Å². The summed E-state index contributed by atoms with van der Waals surface area (Å²) in [7, 11) is 0. The fraction of sp³-hybridized carbons (Fsp3) is 0.304. The Morgan fingerprint density at radius 3 is 2.84 bits per heavy atom. The minimum absolute atomic E-state index is 0.0998. The Bertz CT molecular complexity index is 1050. The van der Waals surface area contributed by atoms with E-state index in [1.165, 1.54) is 11.8 Å². The second-order valence-corrected chi connectivity index (χ2v) is 8.62. The van der Waals surface area contributed by atoms with Crippen molar-refractivity contribution in [2.75, 3.05) is 18.3 Å². The van der Waals surface area contributed by atoms with Gasteiger partial charge in [-0.25, -0.2) is 4.98 Å². The Morgan fingerprint density at radius 2 is 2.03 bits per heavy atom. The van der Waals surface area contributed by atoms with E-state index in [0.717, 1.165) is 44.2 Å². The Balaban J connectivity index is 0.00000132. The molecule has 0 unspecified atom stereocenters. The second kappa shape index (κ2) is 11.1. The predicted molar refractivity (Wildman–Crippen MR) is 125 cm³/mol. The van der Waals surface area contributed by atoms with E-state index >= 15 is 0 Å². The van der Waals surface area contributed by atoms with Crippen molar-refractivity contribution >= 4 is 35.1 Å². The third-order valence-electron chi connectivity index (χ3n) is 4.26. The number of thioether (sulfide) groups is 1. The third-order valence-corrected chi connectivity index (χ3v) is 6.20. The van der Waals surface area contributed by atoms with Crippen LogP contribution < -0.4 is 9.47 Å². The standard InChI is InChI=1S/C21H19NO5S2.C2H6/c1-13-17(10-16-6-5-15(27-16)3-2-8-28-11-20(23)24)22-21(29-13)14-4-7-18-19(9-14)26-12-25-18;1-2/h2-7,9H,8,10-12H2,1H3,(H,23,24);1-2H3/b3-2+;. The Hall–Kier alpha value is -2.71. The Labute approximate surface area is 189 Å². The van der Waals surface area contributed by atoms with Crippen LogP contribution in [0.2, 0.25) is 0 Å². The molecule has 0 saturated carbocycles. The molecule has 8 heteroatoms. The maximum atomic E-state index is 10.5. The average molecular weight is 460 g/mol. The molecule has 0 amide bonds. The van der Waals surface area contributed by atoms with E-state index in [0.29, 0.717) is 12.2 Å². The van der Waals surface area contributed by atoms with E-state index in [4.69, 9.17) is 24.0 Å². The van der Waals surface area contributed by atoms with Crippen molar-refractivity contribution in [3.63, 3.8) is 0 Å². The minimum atomic E-state index is -0.803. The number of aromatic nitrogens is 1. The number of furan rings is 1. The van der Waals surface area contributed by atoms with E-state index in [2.05, 4.69) is 6.92 Å². The van der Waals surface area contributed by atoms with E-state index in [9.17, 15) is 4.79 Å². The number of benzene rings is 1. The van der Waals surface area contributed by atoms with Crippen molar-refractivity contribution in [1.82, 2.24) is 4.98 Å². The maximum absolute atomic E-state index is 10.5. The van der Waals surface area contributed by atoms with Crippen LogP contribution in [0.3, 0.4) is 0 Å². The number of carboxylic acids is 1. The van der Waals surface area contributed by atoms with Gasteiger partial charge in [0, 0.05) is 22.6 Å². The van der Waals surface area contributed by atoms with Gasteiger partial charge in [0.05, 0.1) is 11.4 Å². The van der Waals surface area contributed by atoms with Crippen LogP contribution in [-0.4, -0.2) is 34.4 Å². The summed E-state index contributed by atoms with van der Waals surface area (Å²) >= 11 is 2.99. The van der Waals surface area contributed by atoms with Gasteiger partial charge in [-0.05, 0) is 43.3 Å². The lowest BCUT2D eigenvalue weighted by Crippen LogP contribution is -1.97. The highest BCUT2D eigenvalue weighted by atomic mass is 32.2. The highest BCUT2D eigenvalue weighted by Gasteiger charge is 2.17. The number of ether oxygens (including phenoxy) is 2. The number of aliphatic carboxylic acids is 1. The second-order valence-electron chi connectivity index (χ2n) is 6.38. The molecule has 4 rings (SSSR count). The largest absolute Gasteiger partial charge is 0.481 e. The van der Waals surface area contributed by atoms with Gasteiger partial charge in [0.15, 0.2) is 11.5 Å². The first kappa shape index (κ1) is 23.0. The van der Waals surface area contributed by atoms with Crippen molar-refractivity contribution in [3.8, 4) is 22.1 Å². The zero-order valence-corrected chi connectivity index (χ0v) is 19.3. The fourth-order valence-corrected chi connectivity index (χ4v) is 4.32. The average Bonchev–Trinajstić information content (AvgIpc) is 3.49. The van der Waals surface area contributed by atoms with Gasteiger partial charge in [0.2, 0.25) is 6.79 Å². The van der Waals surface area contributed by atoms with Gasteiger partial charge in [-0.2, -0.15) is 0 Å². The zero-order valence-electron chi connectivity index (χ0n) is 17.7. The van der Waals surface area contributed by atoms with Crippen molar-refractivity contribution < 1.29 is 23.8 Å². The van der Waals surface area contributed by atoms with Crippen LogP contribution >= 0.6 is 23.1 Å². The summed E-state index contributed by atoms with van der Waals surface area (Å²) in [6.45, 7) is 6.32. The quantitative estimate of drug-likeness (QED) is 0.421. The molecule has 0 radical (unpaired) electrons. The monoisotopic (exact) mass is 459 g/mol. The lowest BCUT2D eigenvalue weighted by atomic mass is 10.2. The van der Waals surface area contributed by atoms with E-state index in [1.807, 2.05) is 56.3 Å². The number of fused-ring (bicyclic) bond motifs is 1. The smallest absolute Gasteiger partial charge is 0.313 e. The normalized spacial score (nSPS) is 12.1. The molecule has 1 aliphatic heterocycles. The summed E-state index contributed by atoms with van der Waals surface area (Å²) in [6.07, 6.45) is 4.39. The molecule has 0 fully saturated rings. The van der Waals surface area contributed by atoms with Gasteiger partial charge in [-0.3, -0.25) is 4.79 Å². The van der Waals surface area contributed by atoms with Crippen molar-refractivity contribution in [2.24, 2.45) is 0 Å². The summed E-state index contributed by atoms with van der Waals surface area (Å²) in [6, 6.07) is 9.72. The molecule has 1 aliphatic rings. The van der Waals surface area contributed by atoms with Crippen LogP contribution in [0.1, 0.15) is 35.9 Å². The summed E-state index contributed by atoms with van der Waals surface area (Å²) < 4.78 is 16.7. The van der Waals surface area contributed by atoms with Crippen LogP contribution in [0.5, 0.6) is 11.5 Å². The molecule has 1 N–H and O–H groups in total. The molecule has 0 spiro atoms. The molecule has 164 valence electrons. The number of hydrogen-bond donors (Lipinski definition) is 1. The maximum Gasteiger partial charge on any atom is 0.313 e. The Kier molecular flexibility index (Phi) is 8.20. The van der Waals surface area contributed by atoms with Gasteiger partial charge in [-0.15, -0.1) is 23.1 Å². The summed E-state index contributed by atoms with van der Waals surface area (Å²) in [4.78, 5) is 16.4. The van der Waals surface area contributed by atoms with Gasteiger partial charge >= 0.3 is 5.97 Å². The predicted octanol–water partition coefficient (Wildman–Crippen LogP) is 5.89. The zero-order chi connectivity index (χ0) is 22.2. The first-order valence-electron chi connectivity index (χ1n) is 9.99. The number of carboxylic acid groups (broad SMARTS) is 1. The topological polar surface area (TPSA) is 81.8 Å². The number of aryl methyl sites for hydroxylation is 1. The number of carbonyl (C=O) groups is 1. The molecule has 6 nitrogen and oxygen atoms in total. The molecule has 3 aromatic rings. The molecular weight excluding hydrogens is 434 g/mol. The van der Waals surface area contributed by atoms with E-state index in [-0.39, 0.29) is 12.5 Å². The molecule has 0 atom stereocenters. The number of thiazole rings is 1. The first-order valence-corrected chi connectivity index (χ1v) is 12.0. The minimum Gasteiger partial charge on any atom is -0.481 e. The molecule has 0 aliphatic carbocycles. The van der Waals surface area contributed by atoms with E-state index < -0.39 is 5.97 Å². The van der Waals surface area contributed by atoms with Gasteiger partial charge in [-0.1, -0.05) is 19.9 Å². The highest BCUT2D eigenvalue weighted by Crippen LogP contribution is 2.37. The SMILES string of the molecule is CC.Cc1sc(-c2ccc3c(c2)OCO3)nc1Cc1ccc(/C=C/CSCC(=O)O)o1. The van der Waals surface area contributed by atoms with Crippen LogP contribution in [0, 0.1) is 6.92 Å². The summed E-state index contributed by atoms with van der Waals surface area (Å²) in [5, 5.41) is 9.57. The summed E-state index contributed by atoms with van der Waals surface area (Å²) in [5.41, 5.74) is 2.00. The van der Waals surface area contributed by atoms with Gasteiger partial charge in [0.1, 0.15) is 16.5 Å². The van der Waals surface area contributed by atoms with Crippen molar-refractivity contribution in [3.05, 3.63) is 58.5 Å². The third kappa shape index (κ3) is 6.15. The lowest BCUT2D eigenvalue weighted by Gasteiger charge is -1.99. The molecule has 1 aromatic carbocycles. The molecule has 2 aromatic heterocycles. The lowest BCUT2D eigenvalue weighted by molar-refractivity contribution is -0.133. The molecular formula is C23H25NO5S2. The van der Waals surface area contributed by atoms with E-state index in [1.54, 1.807) is 11.3 Å². The fourth-order valence-electron chi connectivity index (χ4n) is 2.87.